The molecule has 3 fully saturated rings. The van der Waals surface area contributed by atoms with Crippen LogP contribution in [0.1, 0.15) is 130 Å². The number of hydrogen-bond acceptors (Lipinski definition) is 2. The van der Waals surface area contributed by atoms with Crippen molar-refractivity contribution in [3.05, 3.63) is 0 Å². The average Bonchev–Trinajstić information content (AvgIpc) is 2.83. The second-order valence-corrected chi connectivity index (χ2v) is 12.0. The van der Waals surface area contributed by atoms with Gasteiger partial charge in [-0.3, -0.25) is 0 Å². The van der Waals surface area contributed by atoms with Gasteiger partial charge in [0.2, 0.25) is 0 Å². The fraction of sp³-hybridized carbons (Fsp3) is 1.00. The Labute approximate surface area is 200 Å². The Balaban J connectivity index is 1.43. The van der Waals surface area contributed by atoms with Crippen molar-refractivity contribution in [3.8, 4) is 0 Å². The molecule has 0 saturated heterocycles. The molecule has 188 valence electrons. The summed E-state index contributed by atoms with van der Waals surface area (Å²) < 4.78 is 6.59. The van der Waals surface area contributed by atoms with Crippen molar-refractivity contribution in [1.29, 1.82) is 0 Å². The normalized spacial score (nSPS) is 38.6. The minimum Gasteiger partial charge on any atom is -0.396 e. The lowest BCUT2D eigenvalue weighted by Gasteiger charge is -2.46. The van der Waals surface area contributed by atoms with Gasteiger partial charge in [0.1, 0.15) is 0 Å². The predicted molar refractivity (Wildman–Crippen MR) is 137 cm³/mol. The van der Waals surface area contributed by atoms with E-state index in [-0.39, 0.29) is 0 Å². The smallest absolute Gasteiger partial charge is 0.0578 e. The lowest BCUT2D eigenvalue weighted by atomic mass is 9.60. The van der Waals surface area contributed by atoms with Crippen molar-refractivity contribution in [3.63, 3.8) is 0 Å². The van der Waals surface area contributed by atoms with Crippen molar-refractivity contribution in [1.82, 2.24) is 0 Å². The van der Waals surface area contributed by atoms with Gasteiger partial charge in [-0.15, -0.1) is 0 Å². The molecule has 0 amide bonds. The lowest BCUT2D eigenvalue weighted by Crippen LogP contribution is -2.39. The van der Waals surface area contributed by atoms with Crippen molar-refractivity contribution < 1.29 is 9.84 Å². The van der Waals surface area contributed by atoms with Crippen LogP contribution < -0.4 is 0 Å². The largest absolute Gasteiger partial charge is 0.396 e. The molecule has 32 heavy (non-hydrogen) atoms. The summed E-state index contributed by atoms with van der Waals surface area (Å²) in [5.74, 6) is 6.52. The van der Waals surface area contributed by atoms with E-state index in [1.54, 1.807) is 0 Å². The summed E-state index contributed by atoms with van der Waals surface area (Å²) >= 11 is 0. The highest BCUT2D eigenvalue weighted by Gasteiger charge is 2.40. The van der Waals surface area contributed by atoms with E-state index in [9.17, 15) is 0 Å². The summed E-state index contributed by atoms with van der Waals surface area (Å²) in [5, 5.41) is 9.12. The Hall–Kier alpha value is -0.0800. The third kappa shape index (κ3) is 7.72. The highest BCUT2D eigenvalue weighted by Crippen LogP contribution is 2.48. The van der Waals surface area contributed by atoms with E-state index in [1.807, 2.05) is 0 Å². The zero-order valence-corrected chi connectivity index (χ0v) is 21.9. The Morgan fingerprint density at radius 3 is 1.94 bits per heavy atom. The van der Waals surface area contributed by atoms with Gasteiger partial charge in [0.05, 0.1) is 6.10 Å². The first kappa shape index (κ1) is 26.5. The van der Waals surface area contributed by atoms with E-state index in [0.29, 0.717) is 12.7 Å². The minimum atomic E-state index is 0.371. The Morgan fingerprint density at radius 1 is 0.656 bits per heavy atom. The molecule has 0 aromatic carbocycles. The summed E-state index contributed by atoms with van der Waals surface area (Å²) in [4.78, 5) is 0. The second kappa shape index (κ2) is 14.3. The van der Waals surface area contributed by atoms with Crippen LogP contribution in [0.3, 0.4) is 0 Å². The van der Waals surface area contributed by atoms with Crippen LogP contribution in [0.25, 0.3) is 0 Å². The molecule has 1 N–H and O–H groups in total. The first-order valence-electron chi connectivity index (χ1n) is 14.9. The molecule has 3 saturated carbocycles. The summed E-state index contributed by atoms with van der Waals surface area (Å²) in [5.41, 5.74) is 0. The third-order valence-electron chi connectivity index (χ3n) is 9.99. The maximum atomic E-state index is 9.12. The highest BCUT2D eigenvalue weighted by molar-refractivity contribution is 4.90. The summed E-state index contributed by atoms with van der Waals surface area (Å²) in [6.07, 6.45) is 23.8. The molecular weight excluding hydrogens is 392 g/mol. The van der Waals surface area contributed by atoms with Crippen molar-refractivity contribution in [2.45, 2.75) is 136 Å². The number of unbranched alkanes of at least 4 members (excludes halogenated alkanes) is 1. The topological polar surface area (TPSA) is 29.5 Å². The lowest BCUT2D eigenvalue weighted by molar-refractivity contribution is -0.0460. The monoisotopic (exact) mass is 448 g/mol. The van der Waals surface area contributed by atoms with Gasteiger partial charge in [0.15, 0.2) is 0 Å². The van der Waals surface area contributed by atoms with Crippen LogP contribution in [0.4, 0.5) is 0 Å². The zero-order valence-electron chi connectivity index (χ0n) is 21.9. The zero-order chi connectivity index (χ0) is 22.8. The summed E-state index contributed by atoms with van der Waals surface area (Å²) in [6.45, 7) is 8.63. The van der Waals surface area contributed by atoms with Crippen LogP contribution >= 0.6 is 0 Å². The fourth-order valence-electron chi connectivity index (χ4n) is 8.02. The first-order valence-corrected chi connectivity index (χ1v) is 14.9. The first-order chi connectivity index (χ1) is 15.7. The van der Waals surface area contributed by atoms with Crippen LogP contribution in [0.5, 0.6) is 0 Å². The molecule has 0 heterocycles. The summed E-state index contributed by atoms with van der Waals surface area (Å²) in [6, 6.07) is 0. The van der Waals surface area contributed by atoms with Crippen molar-refractivity contribution in [2.75, 3.05) is 13.2 Å². The molecule has 0 radical (unpaired) electrons. The standard InChI is InChI=1S/C30H56O2/c1-4-9-23-11-13-25(14-12-23)22-32-28-16-18-30(27(6-3)21-28)29-17-15-24(10-7-8-19-31)20-26(29)5-2/h23-31H,4-22H2,1-3H3. The minimum absolute atomic E-state index is 0.371. The van der Waals surface area contributed by atoms with Crippen LogP contribution in [0.2, 0.25) is 0 Å². The predicted octanol–water partition coefficient (Wildman–Crippen LogP) is 8.41. The number of aliphatic hydroxyl groups excluding tert-OH is 1. The van der Waals surface area contributed by atoms with E-state index in [4.69, 9.17) is 9.84 Å². The number of rotatable bonds is 12. The van der Waals surface area contributed by atoms with E-state index < -0.39 is 0 Å². The number of ether oxygens (including phenoxy) is 1. The van der Waals surface area contributed by atoms with Gasteiger partial charge < -0.3 is 9.84 Å². The molecule has 0 aromatic rings. The van der Waals surface area contributed by atoms with Crippen LogP contribution in [-0.2, 0) is 4.74 Å². The van der Waals surface area contributed by atoms with Crippen molar-refractivity contribution in [2.24, 2.45) is 41.4 Å². The molecule has 2 heteroatoms. The molecule has 6 atom stereocenters. The van der Waals surface area contributed by atoms with Gasteiger partial charge in [-0.25, -0.2) is 0 Å². The van der Waals surface area contributed by atoms with E-state index >= 15 is 0 Å². The number of aliphatic hydroxyl groups is 1. The van der Waals surface area contributed by atoms with Crippen LogP contribution in [0.15, 0.2) is 0 Å². The van der Waals surface area contributed by atoms with Gasteiger partial charge in [-0.2, -0.15) is 0 Å². The Morgan fingerprint density at radius 2 is 1.28 bits per heavy atom. The molecule has 0 aliphatic heterocycles. The Kier molecular flexibility index (Phi) is 11.9. The molecule has 3 aliphatic carbocycles. The van der Waals surface area contributed by atoms with Gasteiger partial charge in [0.25, 0.3) is 0 Å². The van der Waals surface area contributed by atoms with E-state index in [0.717, 1.165) is 54.5 Å². The summed E-state index contributed by atoms with van der Waals surface area (Å²) in [7, 11) is 0. The highest BCUT2D eigenvalue weighted by atomic mass is 16.5. The van der Waals surface area contributed by atoms with E-state index in [2.05, 4.69) is 20.8 Å². The maximum absolute atomic E-state index is 9.12. The molecule has 6 unspecified atom stereocenters. The van der Waals surface area contributed by atoms with E-state index in [1.165, 1.54) is 103 Å². The van der Waals surface area contributed by atoms with Gasteiger partial charge in [0, 0.05) is 13.2 Å². The third-order valence-corrected chi connectivity index (χ3v) is 9.99. The molecule has 0 bridgehead atoms. The molecule has 3 rings (SSSR count). The van der Waals surface area contributed by atoms with Crippen LogP contribution in [-0.4, -0.2) is 24.4 Å². The molecule has 3 aliphatic rings. The Bertz CT molecular complexity index is 483. The molecule has 0 aromatic heterocycles. The quantitative estimate of drug-likeness (QED) is 0.304. The van der Waals surface area contributed by atoms with Gasteiger partial charge in [-0.05, 0) is 92.8 Å². The number of hydrogen-bond donors (Lipinski definition) is 1. The van der Waals surface area contributed by atoms with Gasteiger partial charge >= 0.3 is 0 Å². The maximum Gasteiger partial charge on any atom is 0.0578 e. The van der Waals surface area contributed by atoms with Gasteiger partial charge in [-0.1, -0.05) is 78.6 Å². The van der Waals surface area contributed by atoms with Crippen LogP contribution in [0, 0.1) is 41.4 Å². The molecule has 2 nitrogen and oxygen atoms in total. The van der Waals surface area contributed by atoms with Crippen molar-refractivity contribution >= 4 is 0 Å². The second-order valence-electron chi connectivity index (χ2n) is 12.0. The molecule has 0 spiro atoms. The SMILES string of the molecule is CCCC1CCC(COC2CCC(C3CCC(CCCCO)CC3CC)C(CC)C2)CC1. The average molecular weight is 449 g/mol. The fourth-order valence-corrected chi connectivity index (χ4v) is 8.02. The molecular formula is C30H56O2.